The van der Waals surface area contributed by atoms with Crippen LogP contribution in [0.25, 0.3) is 0 Å². The maximum absolute atomic E-state index is 12.3. The Morgan fingerprint density at radius 2 is 2.33 bits per heavy atom. The standard InChI is InChI=1S/C11H12BrNO4S/c1-17-6-4-8(11(15)16)13(5-6)10(14)9-7(12)2-3-18-9/h2-3,6,8H,4-5H2,1H3,(H,15,16). The highest BCUT2D eigenvalue weighted by molar-refractivity contribution is 9.10. The second-order valence-corrected chi connectivity index (χ2v) is 5.77. The molecule has 2 unspecified atom stereocenters. The van der Waals surface area contributed by atoms with Crippen LogP contribution in [-0.2, 0) is 9.53 Å². The summed E-state index contributed by atoms with van der Waals surface area (Å²) in [6, 6.07) is 0.967. The summed E-state index contributed by atoms with van der Waals surface area (Å²) >= 11 is 4.58. The van der Waals surface area contributed by atoms with Crippen LogP contribution < -0.4 is 0 Å². The van der Waals surface area contributed by atoms with Crippen molar-refractivity contribution >= 4 is 39.1 Å². The number of thiophene rings is 1. The van der Waals surface area contributed by atoms with Crippen LogP contribution >= 0.6 is 27.3 Å². The van der Waals surface area contributed by atoms with Gasteiger partial charge in [-0.1, -0.05) is 0 Å². The summed E-state index contributed by atoms with van der Waals surface area (Å²) < 4.78 is 5.85. The molecule has 1 fully saturated rings. The maximum Gasteiger partial charge on any atom is 0.326 e. The summed E-state index contributed by atoms with van der Waals surface area (Å²) in [6.45, 7) is 0.316. The molecule has 98 valence electrons. The van der Waals surface area contributed by atoms with Crippen molar-refractivity contribution < 1.29 is 19.4 Å². The molecule has 1 amide bonds. The molecule has 0 bridgehead atoms. The predicted octanol–water partition coefficient (Wildman–Crippen LogP) is 1.82. The van der Waals surface area contributed by atoms with E-state index in [1.54, 1.807) is 11.4 Å². The number of methoxy groups -OCH3 is 1. The average molecular weight is 334 g/mol. The summed E-state index contributed by atoms with van der Waals surface area (Å²) in [7, 11) is 1.53. The molecule has 1 saturated heterocycles. The number of nitrogens with zero attached hydrogens (tertiary/aromatic N) is 1. The number of likely N-dealkylation sites (tertiary alicyclic amines) is 1. The Kier molecular flexibility index (Phi) is 4.04. The van der Waals surface area contributed by atoms with Gasteiger partial charge in [0.05, 0.1) is 6.10 Å². The van der Waals surface area contributed by atoms with E-state index in [1.807, 2.05) is 0 Å². The molecule has 1 N–H and O–H groups in total. The van der Waals surface area contributed by atoms with E-state index in [-0.39, 0.29) is 12.0 Å². The van der Waals surface area contributed by atoms with Crippen LogP contribution in [0.4, 0.5) is 0 Å². The fourth-order valence-corrected chi connectivity index (χ4v) is 3.50. The van der Waals surface area contributed by atoms with E-state index < -0.39 is 12.0 Å². The first-order chi connectivity index (χ1) is 8.54. The molecule has 1 aromatic rings. The number of aliphatic carboxylic acids is 1. The first-order valence-electron chi connectivity index (χ1n) is 5.34. The quantitative estimate of drug-likeness (QED) is 0.916. The van der Waals surface area contributed by atoms with E-state index in [0.29, 0.717) is 22.3 Å². The van der Waals surface area contributed by atoms with Gasteiger partial charge in [0.25, 0.3) is 5.91 Å². The van der Waals surface area contributed by atoms with Crippen LogP contribution in [0.15, 0.2) is 15.9 Å². The van der Waals surface area contributed by atoms with Crippen molar-refractivity contribution in [1.82, 2.24) is 4.90 Å². The molecular formula is C11H12BrNO4S. The molecule has 18 heavy (non-hydrogen) atoms. The first kappa shape index (κ1) is 13.5. The van der Waals surface area contributed by atoms with Crippen molar-refractivity contribution in [2.24, 2.45) is 0 Å². The van der Waals surface area contributed by atoms with Crippen LogP contribution in [0.5, 0.6) is 0 Å². The van der Waals surface area contributed by atoms with E-state index in [4.69, 9.17) is 9.84 Å². The molecule has 2 heterocycles. The second kappa shape index (κ2) is 5.38. The summed E-state index contributed by atoms with van der Waals surface area (Å²) in [5.41, 5.74) is 0. The fourth-order valence-electron chi connectivity index (χ4n) is 2.00. The Morgan fingerprint density at radius 3 is 2.83 bits per heavy atom. The smallest absolute Gasteiger partial charge is 0.326 e. The number of carboxylic acids is 1. The number of hydrogen-bond acceptors (Lipinski definition) is 4. The van der Waals surface area contributed by atoms with Gasteiger partial charge >= 0.3 is 5.97 Å². The van der Waals surface area contributed by atoms with Crippen molar-refractivity contribution in [2.75, 3.05) is 13.7 Å². The normalized spacial score (nSPS) is 23.3. The molecular weight excluding hydrogens is 322 g/mol. The Balaban J connectivity index is 2.23. The molecule has 1 aliphatic rings. The van der Waals surface area contributed by atoms with E-state index in [1.165, 1.54) is 23.3 Å². The molecule has 0 saturated carbocycles. The zero-order valence-electron chi connectivity index (χ0n) is 9.63. The van der Waals surface area contributed by atoms with E-state index in [9.17, 15) is 9.59 Å². The van der Waals surface area contributed by atoms with Crippen molar-refractivity contribution in [1.29, 1.82) is 0 Å². The van der Waals surface area contributed by atoms with Gasteiger partial charge in [0.2, 0.25) is 0 Å². The summed E-state index contributed by atoms with van der Waals surface area (Å²) in [6.07, 6.45) is 0.120. The monoisotopic (exact) mass is 333 g/mol. The molecule has 1 aromatic heterocycles. The lowest BCUT2D eigenvalue weighted by molar-refractivity contribution is -0.141. The van der Waals surface area contributed by atoms with E-state index in [2.05, 4.69) is 15.9 Å². The molecule has 1 aliphatic heterocycles. The molecule has 5 nitrogen and oxygen atoms in total. The van der Waals surface area contributed by atoms with Crippen LogP contribution in [-0.4, -0.2) is 47.7 Å². The van der Waals surface area contributed by atoms with E-state index >= 15 is 0 Å². The largest absolute Gasteiger partial charge is 0.480 e. The van der Waals surface area contributed by atoms with Gasteiger partial charge in [-0.05, 0) is 27.4 Å². The molecule has 2 atom stereocenters. The molecule has 0 radical (unpaired) electrons. The van der Waals surface area contributed by atoms with Gasteiger partial charge in [-0.3, -0.25) is 4.79 Å². The highest BCUT2D eigenvalue weighted by atomic mass is 79.9. The molecule has 2 rings (SSSR count). The molecule has 0 spiro atoms. The third-order valence-corrected chi connectivity index (χ3v) is 4.78. The van der Waals surface area contributed by atoms with Crippen molar-refractivity contribution in [2.45, 2.75) is 18.6 Å². The number of hydrogen-bond donors (Lipinski definition) is 1. The highest BCUT2D eigenvalue weighted by Crippen LogP contribution is 2.28. The minimum atomic E-state index is -0.990. The lowest BCUT2D eigenvalue weighted by Gasteiger charge is -2.20. The average Bonchev–Trinajstić information content (AvgIpc) is 2.93. The number of amides is 1. The topological polar surface area (TPSA) is 66.8 Å². The van der Waals surface area contributed by atoms with Crippen LogP contribution in [0.2, 0.25) is 0 Å². The number of ether oxygens (including phenoxy) is 1. The van der Waals surface area contributed by atoms with Crippen molar-refractivity contribution in [3.63, 3.8) is 0 Å². The van der Waals surface area contributed by atoms with Crippen molar-refractivity contribution in [3.05, 3.63) is 20.8 Å². The Hall–Kier alpha value is -0.920. The third-order valence-electron chi connectivity index (χ3n) is 2.95. The SMILES string of the molecule is COC1CC(C(=O)O)N(C(=O)c2sccc2Br)C1. The van der Waals surface area contributed by atoms with Crippen LogP contribution in [0.1, 0.15) is 16.1 Å². The van der Waals surface area contributed by atoms with Gasteiger partial charge in [-0.2, -0.15) is 0 Å². The van der Waals surface area contributed by atoms with Crippen LogP contribution in [0, 0.1) is 0 Å². The van der Waals surface area contributed by atoms with Gasteiger partial charge in [-0.25, -0.2) is 4.79 Å². The summed E-state index contributed by atoms with van der Waals surface area (Å²) in [5.74, 6) is -1.25. The minimum Gasteiger partial charge on any atom is -0.480 e. The van der Waals surface area contributed by atoms with Gasteiger partial charge in [-0.15, -0.1) is 11.3 Å². The molecule has 0 aliphatic carbocycles. The Morgan fingerprint density at radius 1 is 1.61 bits per heavy atom. The summed E-state index contributed by atoms with van der Waals surface area (Å²) in [4.78, 5) is 25.4. The number of carbonyl (C=O) groups excluding carboxylic acids is 1. The van der Waals surface area contributed by atoms with Gasteiger partial charge in [0.1, 0.15) is 10.9 Å². The molecule has 0 aromatic carbocycles. The van der Waals surface area contributed by atoms with Crippen LogP contribution in [0.3, 0.4) is 0 Å². The van der Waals surface area contributed by atoms with Gasteiger partial charge < -0.3 is 14.7 Å². The third kappa shape index (κ3) is 2.43. The lowest BCUT2D eigenvalue weighted by atomic mass is 10.2. The zero-order valence-corrected chi connectivity index (χ0v) is 12.0. The maximum atomic E-state index is 12.3. The molecule has 7 heteroatoms. The predicted molar refractivity (Wildman–Crippen MR) is 69.9 cm³/mol. The Bertz CT molecular complexity index is 475. The fraction of sp³-hybridized carbons (Fsp3) is 0.455. The summed E-state index contributed by atoms with van der Waals surface area (Å²) in [5, 5.41) is 10.9. The number of halogens is 1. The van der Waals surface area contributed by atoms with Gasteiger partial charge in [0.15, 0.2) is 0 Å². The lowest BCUT2D eigenvalue weighted by Crippen LogP contribution is -2.40. The van der Waals surface area contributed by atoms with Crippen molar-refractivity contribution in [3.8, 4) is 0 Å². The highest BCUT2D eigenvalue weighted by Gasteiger charge is 2.40. The second-order valence-electron chi connectivity index (χ2n) is 4.00. The number of rotatable bonds is 3. The Labute approximate surface area is 116 Å². The minimum absolute atomic E-state index is 0.214. The number of carboxylic acid groups (broad SMARTS) is 1. The number of carbonyl (C=O) groups is 2. The van der Waals surface area contributed by atoms with Gasteiger partial charge in [0, 0.05) is 24.5 Å². The zero-order chi connectivity index (χ0) is 13.3. The van der Waals surface area contributed by atoms with E-state index in [0.717, 1.165) is 0 Å². The first-order valence-corrected chi connectivity index (χ1v) is 7.01.